The standard InChI is InChI=1S/C43H53NO15/c1-20(2)33(44-38(50)27-15-12-16-54-27)34(48)40(52)57-28-18-42(53)22(4)31(21(28)3)35(56-24(6)45)36(49)41(8)29(47)17-30-43(19-55-30,59-25(7)46)23(5)32(41)37(42)58-39(51)26-13-10-9-11-14-26/h9-16,20,22-23,28-30,32-35,37,47-48,53H,17-19H2,1-8H3,(H,44,50)/t22-,23?,28+,29+,30-,32?,33?,34-,35-,37+,41-,42+,43-/m1/s1. The monoisotopic (exact) mass is 823 g/mol. The van der Waals surface area contributed by atoms with Crippen LogP contribution >= 0.6 is 0 Å². The molecule has 0 spiro atoms. The molecule has 6 rings (SSSR count). The van der Waals surface area contributed by atoms with Gasteiger partial charge in [-0.25, -0.2) is 9.59 Å². The van der Waals surface area contributed by atoms with Gasteiger partial charge in [-0.05, 0) is 55.2 Å². The van der Waals surface area contributed by atoms with Gasteiger partial charge in [-0.1, -0.05) is 45.9 Å². The molecule has 1 aromatic heterocycles. The summed E-state index contributed by atoms with van der Waals surface area (Å²) < 4.78 is 35.2. The number of ether oxygens (including phenoxy) is 5. The van der Waals surface area contributed by atoms with E-state index in [1.807, 2.05) is 0 Å². The zero-order chi connectivity index (χ0) is 43.4. The molecule has 4 aliphatic rings. The highest BCUT2D eigenvalue weighted by Gasteiger charge is 2.73. The Kier molecular flexibility index (Phi) is 12.0. The number of carbonyl (C=O) groups excluding carboxylic acids is 6. The van der Waals surface area contributed by atoms with Crippen molar-refractivity contribution in [2.75, 3.05) is 6.61 Å². The van der Waals surface area contributed by atoms with Crippen molar-refractivity contribution in [1.82, 2.24) is 5.32 Å². The van der Waals surface area contributed by atoms with Crippen LogP contribution < -0.4 is 5.32 Å². The van der Waals surface area contributed by atoms with Crippen molar-refractivity contribution in [3.05, 3.63) is 71.2 Å². The molecule has 16 heteroatoms. The molecule has 13 atom stereocenters. The Hall–Kier alpha value is -4.90. The quantitative estimate of drug-likeness (QED) is 0.153. The lowest BCUT2D eigenvalue weighted by Crippen LogP contribution is -2.71. The van der Waals surface area contributed by atoms with Crippen LogP contribution in [0, 0.1) is 29.1 Å². The summed E-state index contributed by atoms with van der Waals surface area (Å²) in [6.45, 7) is 11.7. The van der Waals surface area contributed by atoms with Gasteiger partial charge in [0.25, 0.3) is 5.91 Å². The Bertz CT molecular complexity index is 2000. The number of carbonyl (C=O) groups is 6. The summed E-state index contributed by atoms with van der Waals surface area (Å²) in [5, 5.41) is 39.6. The highest BCUT2D eigenvalue weighted by molar-refractivity contribution is 5.95. The zero-order valence-electron chi connectivity index (χ0n) is 34.3. The van der Waals surface area contributed by atoms with Crippen molar-refractivity contribution in [2.45, 2.75) is 122 Å². The van der Waals surface area contributed by atoms with Crippen molar-refractivity contribution in [2.24, 2.45) is 29.1 Å². The number of hydrogen-bond acceptors (Lipinski definition) is 15. The molecule has 2 heterocycles. The molecule has 0 radical (unpaired) electrons. The largest absolute Gasteiger partial charge is 0.459 e. The van der Waals surface area contributed by atoms with Crippen LogP contribution in [0.25, 0.3) is 0 Å². The fraction of sp³-hybridized carbons (Fsp3) is 0.581. The third kappa shape index (κ3) is 7.49. The fourth-order valence-corrected chi connectivity index (χ4v) is 9.81. The Balaban J connectivity index is 1.51. The average molecular weight is 824 g/mol. The van der Waals surface area contributed by atoms with Gasteiger partial charge in [0.05, 0.1) is 36.0 Å². The lowest BCUT2D eigenvalue weighted by atomic mass is 9.52. The van der Waals surface area contributed by atoms with Gasteiger partial charge < -0.3 is 48.7 Å². The van der Waals surface area contributed by atoms with Crippen LogP contribution in [-0.2, 0) is 42.9 Å². The van der Waals surface area contributed by atoms with Crippen LogP contribution in [0.4, 0.5) is 0 Å². The summed E-state index contributed by atoms with van der Waals surface area (Å²) in [6.07, 6.45) is -8.69. The summed E-state index contributed by atoms with van der Waals surface area (Å²) >= 11 is 0. The molecule has 3 aliphatic carbocycles. The predicted octanol–water partition coefficient (Wildman–Crippen LogP) is 2.86. The Morgan fingerprint density at radius 1 is 0.966 bits per heavy atom. The number of Topliss-reactive ketones (excluding diaryl/α,β-unsaturated/α-hetero) is 1. The zero-order valence-corrected chi connectivity index (χ0v) is 34.3. The molecule has 3 fully saturated rings. The van der Waals surface area contributed by atoms with Crippen molar-refractivity contribution in [3.63, 3.8) is 0 Å². The molecule has 320 valence electrons. The molecule has 1 amide bonds. The van der Waals surface area contributed by atoms with E-state index in [4.69, 9.17) is 28.1 Å². The second-order valence-electron chi connectivity index (χ2n) is 16.9. The summed E-state index contributed by atoms with van der Waals surface area (Å²) in [7, 11) is 0. The molecule has 2 bridgehead atoms. The van der Waals surface area contributed by atoms with Crippen LogP contribution in [0.3, 0.4) is 0 Å². The van der Waals surface area contributed by atoms with Gasteiger partial charge in [-0.3, -0.25) is 19.2 Å². The minimum absolute atomic E-state index is 0.0382. The van der Waals surface area contributed by atoms with E-state index in [0.29, 0.717) is 0 Å². The molecular weight excluding hydrogens is 770 g/mol. The number of fused-ring (bicyclic) bond motifs is 4. The highest BCUT2D eigenvalue weighted by atomic mass is 16.6. The normalized spacial score (nSPS) is 34.9. The molecular formula is C43H53NO15. The van der Waals surface area contributed by atoms with Gasteiger partial charge in [0.2, 0.25) is 0 Å². The molecule has 2 saturated carbocycles. The molecule has 3 unspecified atom stereocenters. The SMILES string of the molecule is CC(=O)O[C@H]1C(=O)[C@@]2(C)C(C(C)[C@]3(OC(C)=O)CO[C@@H]3C[C@@H]2O)[C@H](OC(=O)c2ccccc2)[C@]2(O)C[C@H](OC(=O)[C@H](O)C(NC(=O)c3ccco3)C(C)C)C(C)=C1[C@H]2C. The predicted molar refractivity (Wildman–Crippen MR) is 204 cm³/mol. The fourth-order valence-electron chi connectivity index (χ4n) is 9.81. The van der Waals surface area contributed by atoms with E-state index < -0.39 is 125 Å². The molecule has 1 saturated heterocycles. The first-order chi connectivity index (χ1) is 27.7. The lowest BCUT2D eigenvalue weighted by Gasteiger charge is -2.58. The Morgan fingerprint density at radius 2 is 1.64 bits per heavy atom. The number of furan rings is 1. The number of benzene rings is 1. The van der Waals surface area contributed by atoms with Gasteiger partial charge >= 0.3 is 23.9 Å². The van der Waals surface area contributed by atoms with Crippen LogP contribution in [0.2, 0.25) is 0 Å². The van der Waals surface area contributed by atoms with Gasteiger partial charge in [0, 0.05) is 44.4 Å². The third-order valence-corrected chi connectivity index (χ3v) is 13.2. The maximum atomic E-state index is 15.4. The van der Waals surface area contributed by atoms with Gasteiger partial charge in [0.15, 0.2) is 29.4 Å². The van der Waals surface area contributed by atoms with Crippen molar-refractivity contribution < 1.29 is 72.2 Å². The number of hydrogen-bond donors (Lipinski definition) is 4. The second-order valence-corrected chi connectivity index (χ2v) is 16.9. The Morgan fingerprint density at radius 3 is 2.20 bits per heavy atom. The van der Waals surface area contributed by atoms with E-state index in [9.17, 15) is 39.3 Å². The van der Waals surface area contributed by atoms with Crippen LogP contribution in [0.15, 0.2) is 64.3 Å². The van der Waals surface area contributed by atoms with Crippen LogP contribution in [0.1, 0.15) is 89.1 Å². The first-order valence-corrected chi connectivity index (χ1v) is 19.8. The van der Waals surface area contributed by atoms with Gasteiger partial charge in [-0.15, -0.1) is 0 Å². The van der Waals surface area contributed by atoms with Crippen LogP contribution in [0.5, 0.6) is 0 Å². The lowest BCUT2D eigenvalue weighted by molar-refractivity contribution is -0.283. The summed E-state index contributed by atoms with van der Waals surface area (Å²) in [4.78, 5) is 82.1. The number of aliphatic hydroxyl groups excluding tert-OH is 2. The minimum Gasteiger partial charge on any atom is -0.459 e. The molecule has 59 heavy (non-hydrogen) atoms. The first kappa shape index (κ1) is 43.7. The van der Waals surface area contributed by atoms with Gasteiger partial charge in [0.1, 0.15) is 23.9 Å². The molecule has 4 N–H and O–H groups in total. The number of nitrogens with one attached hydrogen (secondary N) is 1. The van der Waals surface area contributed by atoms with Crippen LogP contribution in [-0.4, -0.2) is 111 Å². The number of rotatable bonds is 10. The third-order valence-electron chi connectivity index (χ3n) is 13.2. The number of esters is 4. The van der Waals surface area contributed by atoms with Crippen molar-refractivity contribution in [3.8, 4) is 0 Å². The number of aliphatic hydroxyl groups is 3. The van der Waals surface area contributed by atoms with E-state index in [0.717, 1.165) is 6.92 Å². The van der Waals surface area contributed by atoms with E-state index in [1.165, 1.54) is 51.3 Å². The maximum Gasteiger partial charge on any atom is 0.338 e. The molecule has 16 nitrogen and oxygen atoms in total. The number of amides is 1. The van der Waals surface area contributed by atoms with Crippen molar-refractivity contribution >= 4 is 35.6 Å². The smallest absolute Gasteiger partial charge is 0.338 e. The highest BCUT2D eigenvalue weighted by Crippen LogP contribution is 2.60. The first-order valence-electron chi connectivity index (χ1n) is 19.8. The topological polar surface area (TPSA) is 234 Å². The molecule has 2 aromatic rings. The summed E-state index contributed by atoms with van der Waals surface area (Å²) in [5.41, 5.74) is -5.34. The van der Waals surface area contributed by atoms with E-state index in [2.05, 4.69) is 5.32 Å². The van der Waals surface area contributed by atoms with E-state index in [1.54, 1.807) is 45.9 Å². The summed E-state index contributed by atoms with van der Waals surface area (Å²) in [5.74, 6) is -9.16. The minimum atomic E-state index is -2.26. The molecule has 1 aliphatic heterocycles. The van der Waals surface area contributed by atoms with E-state index >= 15 is 4.79 Å². The molecule has 1 aromatic carbocycles. The van der Waals surface area contributed by atoms with Crippen molar-refractivity contribution in [1.29, 1.82) is 0 Å². The Labute approximate surface area is 341 Å². The maximum absolute atomic E-state index is 15.4. The number of ketones is 1. The van der Waals surface area contributed by atoms with Gasteiger partial charge in [-0.2, -0.15) is 0 Å². The second kappa shape index (κ2) is 16.3. The summed E-state index contributed by atoms with van der Waals surface area (Å²) in [6, 6.07) is 9.65. The van der Waals surface area contributed by atoms with E-state index in [-0.39, 0.29) is 35.5 Å². The average Bonchev–Trinajstić information content (AvgIpc) is 3.72.